The molecule has 0 aliphatic rings. The molecular formula is C17H17N3O3S2. The first kappa shape index (κ1) is 17.4. The minimum atomic E-state index is -0.430. The predicted octanol–water partition coefficient (Wildman–Crippen LogP) is 4.25. The second-order valence-electron chi connectivity index (χ2n) is 5.31. The van der Waals surface area contributed by atoms with E-state index in [0.29, 0.717) is 10.6 Å². The fraction of sp³-hybridized carbons (Fsp3) is 0.235. The topological polar surface area (TPSA) is 84.1 Å². The highest BCUT2D eigenvalue weighted by molar-refractivity contribution is 7.16. The van der Waals surface area contributed by atoms with Crippen molar-refractivity contribution in [1.82, 2.24) is 10.2 Å². The largest absolute Gasteiger partial charge is 0.462 e. The number of ether oxygens (including phenoxy) is 1. The molecule has 25 heavy (non-hydrogen) atoms. The number of carbonyl (C=O) groups is 2. The molecule has 0 radical (unpaired) electrons. The Hall–Kier alpha value is -2.45. The lowest BCUT2D eigenvalue weighted by molar-refractivity contribution is 0.0527. The van der Waals surface area contributed by atoms with Gasteiger partial charge in [0, 0.05) is 4.88 Å². The van der Waals surface area contributed by atoms with Gasteiger partial charge in [-0.3, -0.25) is 9.89 Å². The van der Waals surface area contributed by atoms with Crippen LogP contribution in [0.5, 0.6) is 0 Å². The smallest absolute Gasteiger partial charge is 0.341 e. The summed E-state index contributed by atoms with van der Waals surface area (Å²) < 4.78 is 5.10. The molecule has 8 heteroatoms. The van der Waals surface area contributed by atoms with E-state index in [1.807, 2.05) is 31.4 Å². The number of hydrogen-bond acceptors (Lipinski definition) is 6. The van der Waals surface area contributed by atoms with E-state index < -0.39 is 5.97 Å². The van der Waals surface area contributed by atoms with Crippen molar-refractivity contribution in [1.29, 1.82) is 0 Å². The molecule has 0 aliphatic carbocycles. The van der Waals surface area contributed by atoms with E-state index in [4.69, 9.17) is 4.74 Å². The van der Waals surface area contributed by atoms with Crippen molar-refractivity contribution in [3.05, 3.63) is 45.3 Å². The average molecular weight is 375 g/mol. The van der Waals surface area contributed by atoms with Crippen LogP contribution in [0.3, 0.4) is 0 Å². The van der Waals surface area contributed by atoms with Crippen LogP contribution in [-0.2, 0) is 4.74 Å². The molecule has 130 valence electrons. The maximum absolute atomic E-state index is 12.5. The van der Waals surface area contributed by atoms with E-state index >= 15 is 0 Å². The van der Waals surface area contributed by atoms with Gasteiger partial charge in [0.2, 0.25) is 0 Å². The molecule has 0 saturated heterocycles. The summed E-state index contributed by atoms with van der Waals surface area (Å²) >= 11 is 2.91. The molecule has 3 heterocycles. The van der Waals surface area contributed by atoms with Crippen molar-refractivity contribution >= 4 is 39.6 Å². The Balaban J connectivity index is 1.84. The van der Waals surface area contributed by atoms with E-state index in [2.05, 4.69) is 15.5 Å². The summed E-state index contributed by atoms with van der Waals surface area (Å²) in [6.45, 7) is 5.78. The Morgan fingerprint density at radius 3 is 2.84 bits per heavy atom. The Morgan fingerprint density at radius 1 is 1.36 bits per heavy atom. The highest BCUT2D eigenvalue weighted by atomic mass is 32.1. The fourth-order valence-electron chi connectivity index (χ4n) is 2.33. The molecule has 3 aromatic heterocycles. The number of thiophene rings is 2. The fourth-order valence-corrected chi connectivity index (χ4v) is 4.06. The molecule has 0 fully saturated rings. The van der Waals surface area contributed by atoms with Gasteiger partial charge in [0.05, 0.1) is 22.7 Å². The maximum atomic E-state index is 12.5. The van der Waals surface area contributed by atoms with Gasteiger partial charge in [0.25, 0.3) is 5.91 Å². The van der Waals surface area contributed by atoms with Crippen molar-refractivity contribution in [3.63, 3.8) is 0 Å². The van der Waals surface area contributed by atoms with Gasteiger partial charge in [0.15, 0.2) is 5.69 Å². The van der Waals surface area contributed by atoms with Crippen LogP contribution in [0.2, 0.25) is 0 Å². The molecule has 1 amide bonds. The summed E-state index contributed by atoms with van der Waals surface area (Å²) in [6, 6.07) is 5.58. The number of aromatic amines is 1. The number of rotatable bonds is 5. The quantitative estimate of drug-likeness (QED) is 0.653. The van der Waals surface area contributed by atoms with Crippen molar-refractivity contribution in [3.8, 4) is 10.6 Å². The zero-order chi connectivity index (χ0) is 18.0. The molecule has 0 bridgehead atoms. The van der Waals surface area contributed by atoms with Crippen LogP contribution < -0.4 is 5.32 Å². The lowest BCUT2D eigenvalue weighted by Gasteiger charge is -2.06. The van der Waals surface area contributed by atoms with Gasteiger partial charge in [-0.2, -0.15) is 5.10 Å². The van der Waals surface area contributed by atoms with Crippen molar-refractivity contribution in [2.45, 2.75) is 20.8 Å². The number of nitrogens with zero attached hydrogens (tertiary/aromatic N) is 1. The average Bonchev–Trinajstić information content (AvgIpc) is 3.29. The first-order valence-electron chi connectivity index (χ1n) is 7.69. The summed E-state index contributed by atoms with van der Waals surface area (Å²) in [7, 11) is 0. The van der Waals surface area contributed by atoms with E-state index in [0.717, 1.165) is 21.0 Å². The second kappa shape index (κ2) is 7.20. The normalized spacial score (nSPS) is 10.7. The summed E-state index contributed by atoms with van der Waals surface area (Å²) in [6.07, 6.45) is 0. The highest BCUT2D eigenvalue weighted by Crippen LogP contribution is 2.33. The molecular weight excluding hydrogens is 358 g/mol. The Labute approximate surface area is 152 Å². The Bertz CT molecular complexity index is 910. The first-order chi connectivity index (χ1) is 12.0. The van der Waals surface area contributed by atoms with E-state index in [9.17, 15) is 9.59 Å². The summed E-state index contributed by atoms with van der Waals surface area (Å²) in [5.41, 5.74) is 2.28. The third kappa shape index (κ3) is 3.49. The zero-order valence-electron chi connectivity index (χ0n) is 14.0. The number of H-pyrrole nitrogens is 1. The molecule has 0 saturated carbocycles. The van der Waals surface area contributed by atoms with Gasteiger partial charge in [-0.05, 0) is 43.8 Å². The van der Waals surface area contributed by atoms with Crippen LogP contribution in [0.4, 0.5) is 5.00 Å². The minimum absolute atomic E-state index is 0.266. The van der Waals surface area contributed by atoms with Gasteiger partial charge in [-0.25, -0.2) is 4.79 Å². The van der Waals surface area contributed by atoms with Gasteiger partial charge in [-0.15, -0.1) is 22.7 Å². The summed E-state index contributed by atoms with van der Waals surface area (Å²) in [5, 5.41) is 12.2. The second-order valence-corrected chi connectivity index (χ2v) is 7.48. The van der Waals surface area contributed by atoms with Gasteiger partial charge in [-0.1, -0.05) is 6.07 Å². The van der Waals surface area contributed by atoms with E-state index in [1.165, 1.54) is 11.3 Å². The lowest BCUT2D eigenvalue weighted by Crippen LogP contribution is -2.15. The zero-order valence-corrected chi connectivity index (χ0v) is 15.6. The predicted molar refractivity (Wildman–Crippen MR) is 99.6 cm³/mol. The van der Waals surface area contributed by atoms with Crippen LogP contribution in [0.15, 0.2) is 23.6 Å². The van der Waals surface area contributed by atoms with Crippen LogP contribution >= 0.6 is 22.7 Å². The maximum Gasteiger partial charge on any atom is 0.341 e. The summed E-state index contributed by atoms with van der Waals surface area (Å²) in [5.74, 6) is -0.799. The molecule has 0 aliphatic heterocycles. The number of aromatic nitrogens is 2. The van der Waals surface area contributed by atoms with Crippen LogP contribution in [-0.4, -0.2) is 28.7 Å². The number of nitrogens with one attached hydrogen (secondary N) is 2. The van der Waals surface area contributed by atoms with Crippen LogP contribution in [0.25, 0.3) is 10.6 Å². The molecule has 0 atom stereocenters. The Kier molecular flexibility index (Phi) is 5.00. The van der Waals surface area contributed by atoms with E-state index in [1.54, 1.807) is 24.3 Å². The third-order valence-electron chi connectivity index (χ3n) is 3.69. The molecule has 0 aromatic carbocycles. The third-order valence-corrected chi connectivity index (χ3v) is 5.71. The van der Waals surface area contributed by atoms with Gasteiger partial charge in [0.1, 0.15) is 5.00 Å². The molecule has 6 nitrogen and oxygen atoms in total. The SMILES string of the molecule is CCOC(=O)c1c(NC(=O)c2cc(-c3cccs3)[nH]n2)sc(C)c1C. The summed E-state index contributed by atoms with van der Waals surface area (Å²) in [4.78, 5) is 26.7. The minimum Gasteiger partial charge on any atom is -0.462 e. The first-order valence-corrected chi connectivity index (χ1v) is 9.38. The van der Waals surface area contributed by atoms with Crippen molar-refractivity contribution in [2.75, 3.05) is 11.9 Å². The number of amides is 1. The monoisotopic (exact) mass is 375 g/mol. The standard InChI is InChI=1S/C17H17N3O3S2/c1-4-23-17(22)14-9(2)10(3)25-16(14)18-15(21)12-8-11(19-20-12)13-6-5-7-24-13/h5-8H,4H2,1-3H3,(H,18,21)(H,19,20). The molecule has 0 spiro atoms. The van der Waals surface area contributed by atoms with Crippen LogP contribution in [0, 0.1) is 13.8 Å². The number of esters is 1. The number of carbonyl (C=O) groups excluding carboxylic acids is 2. The Morgan fingerprint density at radius 2 is 2.16 bits per heavy atom. The highest BCUT2D eigenvalue weighted by Gasteiger charge is 2.23. The number of anilines is 1. The molecule has 2 N–H and O–H groups in total. The van der Waals surface area contributed by atoms with Gasteiger partial charge >= 0.3 is 5.97 Å². The number of hydrogen-bond donors (Lipinski definition) is 2. The van der Waals surface area contributed by atoms with Gasteiger partial charge < -0.3 is 10.1 Å². The molecule has 3 aromatic rings. The van der Waals surface area contributed by atoms with E-state index in [-0.39, 0.29) is 18.2 Å². The molecule has 3 rings (SSSR count). The van der Waals surface area contributed by atoms with Crippen molar-refractivity contribution in [2.24, 2.45) is 0 Å². The van der Waals surface area contributed by atoms with Crippen molar-refractivity contribution < 1.29 is 14.3 Å². The lowest BCUT2D eigenvalue weighted by atomic mass is 10.1. The van der Waals surface area contributed by atoms with Crippen LogP contribution in [0.1, 0.15) is 38.2 Å². The molecule has 0 unspecified atom stereocenters. The number of aryl methyl sites for hydroxylation is 1.